The number of rotatable bonds is 1. The first kappa shape index (κ1) is 22.1. The maximum Gasteiger partial charge on any atom is 0.165 e. The van der Waals surface area contributed by atoms with Gasteiger partial charge in [-0.2, -0.15) is 0 Å². The van der Waals surface area contributed by atoms with Crippen LogP contribution in [0.4, 0.5) is 0 Å². The monoisotopic (exact) mass is 565 g/mol. The van der Waals surface area contributed by atoms with Gasteiger partial charge in [0, 0.05) is 41.7 Å². The fourth-order valence-electron chi connectivity index (χ4n) is 7.19. The summed E-state index contributed by atoms with van der Waals surface area (Å²) in [4.78, 5) is 10.3. The van der Waals surface area contributed by atoms with Gasteiger partial charge in [0.1, 0.15) is 16.7 Å². The molecule has 11 aromatic rings. The molecule has 6 aromatic carbocycles. The molecular formula is C38H19N3OS. The lowest BCUT2D eigenvalue weighted by Gasteiger charge is -2.02. The molecule has 0 unspecified atom stereocenters. The van der Waals surface area contributed by atoms with E-state index in [-0.39, 0.29) is 0 Å². The first-order valence-corrected chi connectivity index (χ1v) is 15.2. The third-order valence-electron chi connectivity index (χ3n) is 9.11. The molecule has 4 nitrogen and oxygen atoms in total. The van der Waals surface area contributed by atoms with Crippen LogP contribution in [0.1, 0.15) is 0 Å². The Morgan fingerprint density at radius 2 is 1.28 bits per heavy atom. The van der Waals surface area contributed by atoms with Gasteiger partial charge in [-0.15, -0.1) is 11.3 Å². The Balaban J connectivity index is 1.23. The largest absolute Gasteiger partial charge is 0.455 e. The van der Waals surface area contributed by atoms with Crippen LogP contribution >= 0.6 is 11.3 Å². The molecule has 5 heterocycles. The summed E-state index contributed by atoms with van der Waals surface area (Å²) in [5.74, 6) is 0. The highest BCUT2D eigenvalue weighted by Gasteiger charge is 2.25. The molecule has 0 saturated carbocycles. The summed E-state index contributed by atoms with van der Waals surface area (Å²) in [7, 11) is 0. The van der Waals surface area contributed by atoms with E-state index in [1.54, 1.807) is 0 Å². The van der Waals surface area contributed by atoms with Crippen molar-refractivity contribution in [2.45, 2.75) is 0 Å². The third-order valence-corrected chi connectivity index (χ3v) is 10.2. The maximum atomic E-state index is 6.80. The Kier molecular flexibility index (Phi) is 3.94. The van der Waals surface area contributed by atoms with Crippen molar-refractivity contribution in [2.24, 2.45) is 0 Å². The van der Waals surface area contributed by atoms with Crippen molar-refractivity contribution in [1.29, 1.82) is 0 Å². The smallest absolute Gasteiger partial charge is 0.165 e. The molecule has 0 fully saturated rings. The molecule has 0 aliphatic carbocycles. The fourth-order valence-corrected chi connectivity index (χ4v) is 8.34. The number of benzene rings is 6. The van der Waals surface area contributed by atoms with E-state index in [0.717, 1.165) is 66.1 Å². The molecule has 43 heavy (non-hydrogen) atoms. The minimum atomic E-state index is 0.866. The third kappa shape index (κ3) is 2.75. The average molecular weight is 566 g/mol. The van der Waals surface area contributed by atoms with Crippen LogP contribution in [-0.4, -0.2) is 14.4 Å². The Hall–Kier alpha value is -5.52. The molecular weight excluding hydrogens is 547 g/mol. The van der Waals surface area contributed by atoms with Crippen molar-refractivity contribution in [3.63, 3.8) is 0 Å². The summed E-state index contributed by atoms with van der Waals surface area (Å²) in [5, 5.41) is 8.28. The van der Waals surface area contributed by atoms with E-state index in [0.29, 0.717) is 0 Å². The maximum absolute atomic E-state index is 6.80. The topological polar surface area (TPSA) is 43.3 Å². The van der Waals surface area contributed by atoms with Crippen molar-refractivity contribution >= 4 is 103 Å². The Labute approximate surface area is 247 Å². The SMILES string of the molecule is c1ccc2nc3c(nc2c1)c1c2oc4cc(-c5ccc6c(c5)sc5ccccc56)ccc4c2cc2c4ccccc4n3c21. The average Bonchev–Trinajstić information content (AvgIpc) is 3.79. The highest BCUT2D eigenvalue weighted by Crippen LogP contribution is 2.45. The standard InChI is InChI=1S/C38H19N3OS/c1-5-11-30-22(7-1)26-19-27-23-15-13-20(21-14-16-25-24-8-2-6-12-32(24)43-33(25)18-21)17-31(23)42-37(27)34-35-38(41(30)36(26)34)40-29-10-4-3-9-28(29)39-35/h1-19H. The molecule has 0 amide bonds. The summed E-state index contributed by atoms with van der Waals surface area (Å²) >= 11 is 1.85. The predicted octanol–water partition coefficient (Wildman–Crippen LogP) is 10.7. The van der Waals surface area contributed by atoms with Crippen LogP contribution in [-0.2, 0) is 0 Å². The number of aromatic nitrogens is 3. The molecule has 11 rings (SSSR count). The Morgan fingerprint density at radius 3 is 2.19 bits per heavy atom. The Morgan fingerprint density at radius 1 is 0.558 bits per heavy atom. The van der Waals surface area contributed by atoms with Gasteiger partial charge in [0.2, 0.25) is 0 Å². The summed E-state index contributed by atoms with van der Waals surface area (Å²) in [6.45, 7) is 0. The van der Waals surface area contributed by atoms with Crippen molar-refractivity contribution < 1.29 is 4.42 Å². The summed E-state index contributed by atoms with van der Waals surface area (Å²) < 4.78 is 11.7. The number of nitrogens with zero attached hydrogens (tertiary/aromatic N) is 3. The highest BCUT2D eigenvalue weighted by atomic mass is 32.1. The number of thiophene rings is 1. The molecule has 0 aliphatic rings. The molecule has 198 valence electrons. The van der Waals surface area contributed by atoms with Gasteiger partial charge < -0.3 is 4.42 Å². The molecule has 5 heteroatoms. The van der Waals surface area contributed by atoms with Gasteiger partial charge in [0.05, 0.1) is 27.5 Å². The van der Waals surface area contributed by atoms with E-state index in [2.05, 4.69) is 95.4 Å². The molecule has 5 aromatic heterocycles. The summed E-state index contributed by atoms with van der Waals surface area (Å²) in [6, 6.07) is 41.0. The van der Waals surface area contributed by atoms with E-state index in [9.17, 15) is 0 Å². The van der Waals surface area contributed by atoms with Crippen LogP contribution in [0.25, 0.3) is 103 Å². The van der Waals surface area contributed by atoms with E-state index >= 15 is 0 Å². The molecule has 0 bridgehead atoms. The van der Waals surface area contributed by atoms with Crippen LogP contribution in [0.2, 0.25) is 0 Å². The lowest BCUT2D eigenvalue weighted by Crippen LogP contribution is -1.88. The van der Waals surface area contributed by atoms with E-state index in [4.69, 9.17) is 14.4 Å². The van der Waals surface area contributed by atoms with Gasteiger partial charge in [-0.25, -0.2) is 9.97 Å². The minimum Gasteiger partial charge on any atom is -0.455 e. The van der Waals surface area contributed by atoms with Crippen molar-refractivity contribution in [2.75, 3.05) is 0 Å². The van der Waals surface area contributed by atoms with Gasteiger partial charge in [-0.05, 0) is 59.7 Å². The van der Waals surface area contributed by atoms with Crippen molar-refractivity contribution in [3.8, 4) is 11.1 Å². The summed E-state index contributed by atoms with van der Waals surface area (Å²) in [6.07, 6.45) is 0. The first-order valence-electron chi connectivity index (χ1n) is 14.4. The van der Waals surface area contributed by atoms with Gasteiger partial charge in [0.15, 0.2) is 5.65 Å². The van der Waals surface area contributed by atoms with E-state index in [1.165, 1.54) is 36.5 Å². The number of hydrogen-bond acceptors (Lipinski definition) is 4. The second-order valence-corrected chi connectivity index (χ2v) is 12.5. The minimum absolute atomic E-state index is 0.866. The molecule has 0 atom stereocenters. The van der Waals surface area contributed by atoms with Crippen LogP contribution in [0, 0.1) is 0 Å². The lowest BCUT2D eigenvalue weighted by atomic mass is 10.0. The van der Waals surface area contributed by atoms with Gasteiger partial charge in [-0.1, -0.05) is 66.7 Å². The number of furan rings is 1. The van der Waals surface area contributed by atoms with Crippen LogP contribution in [0.5, 0.6) is 0 Å². The van der Waals surface area contributed by atoms with Gasteiger partial charge >= 0.3 is 0 Å². The zero-order valence-electron chi connectivity index (χ0n) is 22.6. The van der Waals surface area contributed by atoms with Gasteiger partial charge in [0.25, 0.3) is 0 Å². The number of hydrogen-bond donors (Lipinski definition) is 0. The number of fused-ring (bicyclic) bond motifs is 14. The van der Waals surface area contributed by atoms with Crippen LogP contribution in [0.3, 0.4) is 0 Å². The van der Waals surface area contributed by atoms with E-state index < -0.39 is 0 Å². The first-order chi connectivity index (χ1) is 21.3. The zero-order valence-corrected chi connectivity index (χ0v) is 23.4. The van der Waals surface area contributed by atoms with E-state index in [1.807, 2.05) is 35.6 Å². The van der Waals surface area contributed by atoms with Crippen LogP contribution in [0.15, 0.2) is 120 Å². The predicted molar refractivity (Wildman–Crippen MR) is 180 cm³/mol. The normalized spacial score (nSPS) is 12.7. The zero-order chi connectivity index (χ0) is 27.8. The molecule has 0 spiro atoms. The molecule has 0 N–H and O–H groups in total. The molecule has 0 aliphatic heterocycles. The lowest BCUT2D eigenvalue weighted by molar-refractivity contribution is 0.673. The quantitative estimate of drug-likeness (QED) is 0.199. The summed E-state index contributed by atoms with van der Waals surface area (Å²) in [5.41, 5.74) is 9.86. The van der Waals surface area contributed by atoms with Crippen molar-refractivity contribution in [1.82, 2.24) is 14.4 Å². The second kappa shape index (κ2) is 7.65. The van der Waals surface area contributed by atoms with Crippen molar-refractivity contribution in [3.05, 3.63) is 115 Å². The van der Waals surface area contributed by atoms with Gasteiger partial charge in [-0.3, -0.25) is 4.40 Å². The number of para-hydroxylation sites is 3. The van der Waals surface area contributed by atoms with Crippen LogP contribution < -0.4 is 0 Å². The highest BCUT2D eigenvalue weighted by molar-refractivity contribution is 7.25. The fraction of sp³-hybridized carbons (Fsp3) is 0. The second-order valence-electron chi connectivity index (χ2n) is 11.4. The molecule has 0 saturated heterocycles. The molecule has 0 radical (unpaired) electrons. The Bertz CT molecular complexity index is 2960.